The summed E-state index contributed by atoms with van der Waals surface area (Å²) < 4.78 is 13.8. The summed E-state index contributed by atoms with van der Waals surface area (Å²) in [5, 5.41) is 12.1. The predicted octanol–water partition coefficient (Wildman–Crippen LogP) is 2.27. The van der Waals surface area contributed by atoms with Crippen LogP contribution in [0.1, 0.15) is 30.4 Å². The molecule has 102 valence electrons. The third kappa shape index (κ3) is 3.52. The molecule has 1 saturated heterocycles. The van der Waals surface area contributed by atoms with Crippen LogP contribution in [-0.2, 0) is 6.54 Å². The van der Waals surface area contributed by atoms with E-state index in [1.165, 1.54) is 25.3 Å². The predicted molar refractivity (Wildman–Crippen MR) is 73.1 cm³/mol. The summed E-state index contributed by atoms with van der Waals surface area (Å²) in [5.74, 6) is -0.394. The zero-order valence-corrected chi connectivity index (χ0v) is 11.3. The second kappa shape index (κ2) is 6.65. The maximum Gasteiger partial charge on any atom is 0.145 e. The lowest BCUT2D eigenvalue weighted by molar-refractivity contribution is 0.181. The van der Waals surface area contributed by atoms with E-state index in [2.05, 4.69) is 17.3 Å². The van der Waals surface area contributed by atoms with Crippen LogP contribution in [0.2, 0.25) is 0 Å². The third-order valence-electron chi connectivity index (χ3n) is 3.82. The van der Waals surface area contributed by atoms with Crippen molar-refractivity contribution < 1.29 is 4.39 Å². The molecule has 19 heavy (non-hydrogen) atoms. The molecule has 0 bridgehead atoms. The number of hydrogen-bond acceptors (Lipinski definition) is 3. The molecule has 4 heteroatoms. The molecule has 0 aromatic heterocycles. The fourth-order valence-corrected chi connectivity index (χ4v) is 2.58. The molecule has 1 aromatic carbocycles. The second-order valence-electron chi connectivity index (χ2n) is 5.15. The molecule has 1 aliphatic rings. The van der Waals surface area contributed by atoms with Crippen LogP contribution in [0.4, 0.5) is 4.39 Å². The van der Waals surface area contributed by atoms with Gasteiger partial charge in [-0.1, -0.05) is 18.6 Å². The average molecular weight is 261 g/mol. The smallest absolute Gasteiger partial charge is 0.145 e. The number of nitriles is 1. The van der Waals surface area contributed by atoms with Crippen LogP contribution in [0.25, 0.3) is 0 Å². The highest BCUT2D eigenvalue weighted by Gasteiger charge is 2.18. The Bertz CT molecular complexity index is 467. The Balaban J connectivity index is 1.87. The topological polar surface area (TPSA) is 39.1 Å². The van der Waals surface area contributed by atoms with E-state index in [-0.39, 0.29) is 5.56 Å². The number of nitrogens with zero attached hydrogens (tertiary/aromatic N) is 2. The Hall–Kier alpha value is -1.44. The molecule has 1 unspecified atom stereocenters. The average Bonchev–Trinajstić information content (AvgIpc) is 2.43. The number of likely N-dealkylation sites (tertiary alicyclic amines) is 1. The van der Waals surface area contributed by atoms with Gasteiger partial charge in [0.25, 0.3) is 0 Å². The molecule has 1 heterocycles. The zero-order chi connectivity index (χ0) is 13.7. The highest BCUT2D eigenvalue weighted by molar-refractivity contribution is 5.34. The summed E-state index contributed by atoms with van der Waals surface area (Å²) >= 11 is 0. The fourth-order valence-electron chi connectivity index (χ4n) is 2.58. The van der Waals surface area contributed by atoms with Crippen molar-refractivity contribution in [3.63, 3.8) is 0 Å². The van der Waals surface area contributed by atoms with E-state index in [4.69, 9.17) is 5.26 Å². The third-order valence-corrected chi connectivity index (χ3v) is 3.82. The van der Waals surface area contributed by atoms with E-state index in [0.29, 0.717) is 18.2 Å². The minimum atomic E-state index is -0.394. The first-order valence-corrected chi connectivity index (χ1v) is 6.81. The molecule has 0 amide bonds. The van der Waals surface area contributed by atoms with Crippen LogP contribution in [0, 0.1) is 17.1 Å². The first-order valence-electron chi connectivity index (χ1n) is 6.81. The maximum absolute atomic E-state index is 13.8. The van der Waals surface area contributed by atoms with Crippen LogP contribution in [-0.4, -0.2) is 31.1 Å². The summed E-state index contributed by atoms with van der Waals surface area (Å²) in [6, 6.07) is 7.37. The molecule has 0 saturated carbocycles. The quantitative estimate of drug-likeness (QED) is 0.903. The van der Waals surface area contributed by atoms with Crippen LogP contribution >= 0.6 is 0 Å². The molecule has 1 atom stereocenters. The SMILES string of the molecule is CN1CCCCC1CNCc1cccc(C#N)c1F. The summed E-state index contributed by atoms with van der Waals surface area (Å²) in [7, 11) is 2.14. The van der Waals surface area contributed by atoms with Gasteiger partial charge < -0.3 is 10.2 Å². The first kappa shape index (κ1) is 14.0. The van der Waals surface area contributed by atoms with Gasteiger partial charge >= 0.3 is 0 Å². The lowest BCUT2D eigenvalue weighted by Crippen LogP contribution is -2.42. The number of rotatable bonds is 4. The Morgan fingerprint density at radius 2 is 2.32 bits per heavy atom. The number of piperidine rings is 1. The normalized spacial score (nSPS) is 20.2. The molecule has 0 aliphatic carbocycles. The standard InChI is InChI=1S/C15H20FN3/c1-19-8-3-2-7-14(19)11-18-10-13-6-4-5-12(9-17)15(13)16/h4-6,14,18H,2-3,7-8,10-11H2,1H3. The van der Waals surface area contributed by atoms with Crippen molar-refractivity contribution in [2.45, 2.75) is 31.8 Å². The van der Waals surface area contributed by atoms with Crippen molar-refractivity contribution in [1.29, 1.82) is 5.26 Å². The number of hydrogen-bond donors (Lipinski definition) is 1. The molecule has 1 fully saturated rings. The van der Waals surface area contributed by atoms with E-state index >= 15 is 0 Å². The van der Waals surface area contributed by atoms with Crippen LogP contribution < -0.4 is 5.32 Å². The highest BCUT2D eigenvalue weighted by atomic mass is 19.1. The molecule has 2 rings (SSSR count). The van der Waals surface area contributed by atoms with Gasteiger partial charge in [0, 0.05) is 24.7 Å². The van der Waals surface area contributed by atoms with Gasteiger partial charge in [-0.3, -0.25) is 0 Å². The van der Waals surface area contributed by atoms with E-state index < -0.39 is 5.82 Å². The van der Waals surface area contributed by atoms with Crippen molar-refractivity contribution in [2.75, 3.05) is 20.1 Å². The van der Waals surface area contributed by atoms with E-state index in [1.807, 2.05) is 6.07 Å². The van der Waals surface area contributed by atoms with Crippen LogP contribution in [0.5, 0.6) is 0 Å². The maximum atomic E-state index is 13.8. The van der Waals surface area contributed by atoms with Crippen LogP contribution in [0.3, 0.4) is 0 Å². The van der Waals surface area contributed by atoms with Crippen molar-refractivity contribution in [2.24, 2.45) is 0 Å². The first-order chi connectivity index (χ1) is 9.22. The van der Waals surface area contributed by atoms with Crippen molar-refractivity contribution in [1.82, 2.24) is 10.2 Å². The summed E-state index contributed by atoms with van der Waals surface area (Å²) in [4.78, 5) is 2.36. The summed E-state index contributed by atoms with van der Waals surface area (Å²) in [5.41, 5.74) is 0.687. The lowest BCUT2D eigenvalue weighted by atomic mass is 10.0. The van der Waals surface area contributed by atoms with Gasteiger partial charge in [-0.2, -0.15) is 5.26 Å². The fraction of sp³-hybridized carbons (Fsp3) is 0.533. The summed E-state index contributed by atoms with van der Waals surface area (Å²) in [6.07, 6.45) is 3.74. The number of nitrogens with one attached hydrogen (secondary N) is 1. The molecule has 0 radical (unpaired) electrons. The number of halogens is 1. The molecular formula is C15H20FN3. The van der Waals surface area contributed by atoms with Crippen LogP contribution in [0.15, 0.2) is 18.2 Å². The van der Waals surface area contributed by atoms with Gasteiger partial charge in [-0.05, 0) is 32.5 Å². The number of likely N-dealkylation sites (N-methyl/N-ethyl adjacent to an activating group) is 1. The van der Waals surface area contributed by atoms with Crippen molar-refractivity contribution >= 4 is 0 Å². The molecule has 1 aromatic rings. The Kier molecular flexibility index (Phi) is 4.89. The van der Waals surface area contributed by atoms with Gasteiger partial charge in [-0.25, -0.2) is 4.39 Å². The summed E-state index contributed by atoms with van der Waals surface area (Å²) in [6.45, 7) is 2.49. The van der Waals surface area contributed by atoms with E-state index in [1.54, 1.807) is 12.1 Å². The van der Waals surface area contributed by atoms with E-state index in [9.17, 15) is 4.39 Å². The van der Waals surface area contributed by atoms with E-state index in [0.717, 1.165) is 13.1 Å². The molecule has 0 spiro atoms. The lowest BCUT2D eigenvalue weighted by Gasteiger charge is -2.32. The van der Waals surface area contributed by atoms with Gasteiger partial charge in [0.2, 0.25) is 0 Å². The monoisotopic (exact) mass is 261 g/mol. The molecule has 3 nitrogen and oxygen atoms in total. The zero-order valence-electron chi connectivity index (χ0n) is 11.3. The molecule has 1 N–H and O–H groups in total. The van der Waals surface area contributed by atoms with Crippen molar-refractivity contribution in [3.8, 4) is 6.07 Å². The van der Waals surface area contributed by atoms with Gasteiger partial charge in [0.05, 0.1) is 5.56 Å². The van der Waals surface area contributed by atoms with Crippen molar-refractivity contribution in [3.05, 3.63) is 35.1 Å². The minimum absolute atomic E-state index is 0.120. The second-order valence-corrected chi connectivity index (χ2v) is 5.15. The molecular weight excluding hydrogens is 241 g/mol. The molecule has 1 aliphatic heterocycles. The van der Waals surface area contributed by atoms with Gasteiger partial charge in [-0.15, -0.1) is 0 Å². The van der Waals surface area contributed by atoms with Gasteiger partial charge in [0.15, 0.2) is 0 Å². The minimum Gasteiger partial charge on any atom is -0.311 e. The number of benzene rings is 1. The largest absolute Gasteiger partial charge is 0.311 e. The van der Waals surface area contributed by atoms with Gasteiger partial charge in [0.1, 0.15) is 11.9 Å². The highest BCUT2D eigenvalue weighted by Crippen LogP contribution is 2.15. The Morgan fingerprint density at radius 3 is 3.05 bits per heavy atom. The Morgan fingerprint density at radius 1 is 1.47 bits per heavy atom. The Labute approximate surface area is 114 Å².